The number of sulfonamides is 1. The van der Waals surface area contributed by atoms with Crippen molar-refractivity contribution in [1.29, 1.82) is 5.26 Å². The van der Waals surface area contributed by atoms with Gasteiger partial charge in [0.1, 0.15) is 22.4 Å². The van der Waals surface area contributed by atoms with E-state index in [-0.39, 0.29) is 17.2 Å². The Morgan fingerprint density at radius 3 is 2.38 bits per heavy atom. The van der Waals surface area contributed by atoms with Gasteiger partial charge in [0, 0.05) is 18.3 Å². The first-order valence-corrected chi connectivity index (χ1v) is 14.2. The van der Waals surface area contributed by atoms with Gasteiger partial charge in [-0.3, -0.25) is 4.79 Å². The van der Waals surface area contributed by atoms with Crippen LogP contribution in [0.5, 0.6) is 11.5 Å². The van der Waals surface area contributed by atoms with Crippen LogP contribution in [0.15, 0.2) is 59.5 Å². The molecule has 8 nitrogen and oxygen atoms in total. The Morgan fingerprint density at radius 2 is 1.74 bits per heavy atom. The Bertz CT molecular complexity index is 1530. The second-order valence-corrected chi connectivity index (χ2v) is 11.6. The minimum absolute atomic E-state index is 0.0425. The number of nitrogens with one attached hydrogen (secondary N) is 1. The van der Waals surface area contributed by atoms with Crippen LogP contribution in [0.1, 0.15) is 46.6 Å². The third kappa shape index (κ3) is 5.63. The van der Waals surface area contributed by atoms with Crippen LogP contribution in [0.25, 0.3) is 0 Å². The standard InChI is InChI=1S/C30H33N3O5S/c1-19-8-10-22(11-9-19)25(18-31)24-15-21(3)26(16-20(24)2)32-30(34)27-7-6-14-33(27)39(35,36)29-17-23(37-4)12-13-28(29)38-5/h8-13,15-17,25,27H,6-7,14H2,1-5H3,(H,32,34)/t25-,27-/m0/s1. The van der Waals surface area contributed by atoms with E-state index in [9.17, 15) is 18.5 Å². The van der Waals surface area contributed by atoms with Crippen LogP contribution < -0.4 is 14.8 Å². The van der Waals surface area contributed by atoms with Crippen molar-refractivity contribution in [3.05, 3.63) is 82.4 Å². The molecule has 3 aromatic carbocycles. The lowest BCUT2D eigenvalue weighted by Gasteiger charge is -2.25. The fraction of sp³-hybridized carbons (Fsp3) is 0.333. The molecule has 9 heteroatoms. The quantitative estimate of drug-likeness (QED) is 0.422. The Kier molecular flexibility index (Phi) is 8.28. The van der Waals surface area contributed by atoms with Crippen LogP contribution in [0.3, 0.4) is 0 Å². The first-order chi connectivity index (χ1) is 18.6. The predicted octanol–water partition coefficient (Wildman–Crippen LogP) is 5.08. The summed E-state index contributed by atoms with van der Waals surface area (Å²) in [5.74, 6) is -0.280. The van der Waals surface area contributed by atoms with Gasteiger partial charge in [-0.05, 0) is 74.1 Å². The summed E-state index contributed by atoms with van der Waals surface area (Å²) in [6.45, 7) is 6.00. The number of nitrogens with zero attached hydrogens (tertiary/aromatic N) is 2. The van der Waals surface area contributed by atoms with Gasteiger partial charge in [0.15, 0.2) is 0 Å². The maximum Gasteiger partial charge on any atom is 0.247 e. The maximum absolute atomic E-state index is 13.7. The van der Waals surface area contributed by atoms with Crippen molar-refractivity contribution < 1.29 is 22.7 Å². The molecular weight excluding hydrogens is 514 g/mol. The molecule has 0 aromatic heterocycles. The third-order valence-corrected chi connectivity index (χ3v) is 9.11. The zero-order valence-corrected chi connectivity index (χ0v) is 23.6. The Morgan fingerprint density at radius 1 is 1.03 bits per heavy atom. The molecule has 4 rings (SSSR count). The van der Waals surface area contributed by atoms with Gasteiger partial charge in [0.2, 0.25) is 15.9 Å². The van der Waals surface area contributed by atoms with E-state index in [2.05, 4.69) is 11.4 Å². The Balaban J connectivity index is 1.60. The highest BCUT2D eigenvalue weighted by molar-refractivity contribution is 7.89. The largest absolute Gasteiger partial charge is 0.497 e. The predicted molar refractivity (Wildman–Crippen MR) is 150 cm³/mol. The summed E-state index contributed by atoms with van der Waals surface area (Å²) in [5, 5.41) is 12.9. The van der Waals surface area contributed by atoms with Crippen LogP contribution in [0, 0.1) is 32.1 Å². The molecule has 0 bridgehead atoms. The summed E-state index contributed by atoms with van der Waals surface area (Å²) >= 11 is 0. The number of anilines is 1. The number of aryl methyl sites for hydroxylation is 3. The van der Waals surface area contributed by atoms with Gasteiger partial charge in [0.25, 0.3) is 0 Å². The molecule has 1 N–H and O–H groups in total. The summed E-state index contributed by atoms with van der Waals surface area (Å²) < 4.78 is 39.1. The van der Waals surface area contributed by atoms with Crippen molar-refractivity contribution >= 4 is 21.6 Å². The highest BCUT2D eigenvalue weighted by Gasteiger charge is 2.41. The molecule has 0 spiro atoms. The fourth-order valence-electron chi connectivity index (χ4n) is 4.98. The third-order valence-electron chi connectivity index (χ3n) is 7.19. The molecule has 39 heavy (non-hydrogen) atoms. The zero-order chi connectivity index (χ0) is 28.3. The molecule has 1 heterocycles. The van der Waals surface area contributed by atoms with Crippen LogP contribution >= 0.6 is 0 Å². The second kappa shape index (κ2) is 11.5. The molecule has 1 amide bonds. The van der Waals surface area contributed by atoms with Gasteiger partial charge in [-0.25, -0.2) is 8.42 Å². The van der Waals surface area contributed by atoms with Crippen LogP contribution in [0.4, 0.5) is 5.69 Å². The van der Waals surface area contributed by atoms with Crippen molar-refractivity contribution in [3.8, 4) is 17.6 Å². The molecule has 204 valence electrons. The molecule has 1 aliphatic heterocycles. The molecule has 3 aromatic rings. The number of ether oxygens (including phenoxy) is 2. The van der Waals surface area contributed by atoms with E-state index in [0.717, 1.165) is 27.8 Å². The molecule has 2 atom stereocenters. The molecule has 0 aliphatic carbocycles. The lowest BCUT2D eigenvalue weighted by molar-refractivity contribution is -0.119. The molecular formula is C30H33N3O5S. The van der Waals surface area contributed by atoms with Crippen molar-refractivity contribution in [3.63, 3.8) is 0 Å². The number of carbonyl (C=O) groups is 1. The number of hydrogen-bond acceptors (Lipinski definition) is 6. The van der Waals surface area contributed by atoms with Gasteiger partial charge in [-0.15, -0.1) is 0 Å². The van der Waals surface area contributed by atoms with Crippen molar-refractivity contribution in [2.45, 2.75) is 50.5 Å². The summed E-state index contributed by atoms with van der Waals surface area (Å²) in [6.07, 6.45) is 0.957. The van der Waals surface area contributed by atoms with E-state index in [1.807, 2.05) is 57.2 Å². The topological polar surface area (TPSA) is 109 Å². The number of nitriles is 1. The fourth-order valence-corrected chi connectivity index (χ4v) is 6.81. The molecule has 1 aliphatic rings. The minimum Gasteiger partial charge on any atom is -0.497 e. The number of rotatable bonds is 8. The van der Waals surface area contributed by atoms with E-state index in [0.29, 0.717) is 24.3 Å². The van der Waals surface area contributed by atoms with Crippen LogP contribution in [-0.2, 0) is 14.8 Å². The van der Waals surface area contributed by atoms with E-state index < -0.39 is 27.9 Å². The first kappa shape index (κ1) is 28.1. The van der Waals surface area contributed by atoms with Gasteiger partial charge >= 0.3 is 0 Å². The van der Waals surface area contributed by atoms with Gasteiger partial charge in [-0.2, -0.15) is 9.57 Å². The average Bonchev–Trinajstić information content (AvgIpc) is 3.43. The number of benzene rings is 3. The number of carbonyl (C=O) groups excluding carboxylic acids is 1. The van der Waals surface area contributed by atoms with Crippen LogP contribution in [0.2, 0.25) is 0 Å². The van der Waals surface area contributed by atoms with E-state index in [1.54, 1.807) is 6.07 Å². The SMILES string of the molecule is COc1ccc(OC)c(S(=O)(=O)N2CCC[C@H]2C(=O)Nc2cc(C)c([C@@H](C#N)c3ccc(C)cc3)cc2C)c1. The lowest BCUT2D eigenvalue weighted by Crippen LogP contribution is -2.43. The molecule has 0 unspecified atom stereocenters. The molecule has 1 fully saturated rings. The van der Waals surface area contributed by atoms with E-state index >= 15 is 0 Å². The van der Waals surface area contributed by atoms with E-state index in [4.69, 9.17) is 9.47 Å². The van der Waals surface area contributed by atoms with Crippen molar-refractivity contribution in [2.75, 3.05) is 26.1 Å². The van der Waals surface area contributed by atoms with Gasteiger partial charge in [0.05, 0.1) is 26.2 Å². The van der Waals surface area contributed by atoms with E-state index in [1.165, 1.54) is 30.7 Å². The number of hydrogen-bond donors (Lipinski definition) is 1. The lowest BCUT2D eigenvalue weighted by atomic mass is 9.88. The first-order valence-electron chi connectivity index (χ1n) is 12.7. The Hall–Kier alpha value is -3.87. The minimum atomic E-state index is -4.04. The second-order valence-electron chi connectivity index (χ2n) is 9.78. The molecule has 0 radical (unpaired) electrons. The van der Waals surface area contributed by atoms with Crippen molar-refractivity contribution in [2.24, 2.45) is 0 Å². The van der Waals surface area contributed by atoms with Crippen LogP contribution in [-0.4, -0.2) is 45.4 Å². The normalized spacial score (nSPS) is 16.4. The summed E-state index contributed by atoms with van der Waals surface area (Å²) in [5.41, 5.74) is 5.13. The smallest absolute Gasteiger partial charge is 0.247 e. The summed E-state index contributed by atoms with van der Waals surface area (Å²) in [6, 6.07) is 17.8. The van der Waals surface area contributed by atoms with Crippen molar-refractivity contribution in [1.82, 2.24) is 4.31 Å². The Labute approximate surface area is 230 Å². The van der Waals surface area contributed by atoms with Gasteiger partial charge in [-0.1, -0.05) is 35.9 Å². The monoisotopic (exact) mass is 547 g/mol. The summed E-state index contributed by atoms with van der Waals surface area (Å²) in [7, 11) is -1.18. The summed E-state index contributed by atoms with van der Waals surface area (Å²) in [4.78, 5) is 13.4. The maximum atomic E-state index is 13.7. The molecule has 0 saturated carbocycles. The number of methoxy groups -OCH3 is 2. The highest BCUT2D eigenvalue weighted by atomic mass is 32.2. The van der Waals surface area contributed by atoms with Gasteiger partial charge < -0.3 is 14.8 Å². The zero-order valence-electron chi connectivity index (χ0n) is 22.8. The average molecular weight is 548 g/mol. The highest BCUT2D eigenvalue weighted by Crippen LogP contribution is 2.35. The number of amides is 1. The molecule has 1 saturated heterocycles.